The molecule has 0 saturated carbocycles. The second kappa shape index (κ2) is 6.26. The van der Waals surface area contributed by atoms with E-state index >= 15 is 0 Å². The van der Waals surface area contributed by atoms with Crippen LogP contribution in [0.2, 0.25) is 0 Å². The average Bonchev–Trinajstić information content (AvgIpc) is 2.44. The molecule has 1 aromatic heterocycles. The molecule has 2 heterocycles. The van der Waals surface area contributed by atoms with Crippen LogP contribution in [0.15, 0.2) is 30.3 Å². The summed E-state index contributed by atoms with van der Waals surface area (Å²) in [6.45, 7) is 6.70. The first kappa shape index (κ1) is 15.5. The first-order valence-corrected chi connectivity index (χ1v) is 6.98. The maximum Gasteiger partial charge on any atom is 0.214 e. The Morgan fingerprint density at radius 1 is 1.00 bits per heavy atom. The number of piperazine rings is 1. The third-order valence-corrected chi connectivity index (χ3v) is 4.28. The van der Waals surface area contributed by atoms with Crippen LogP contribution in [0.1, 0.15) is 5.69 Å². The smallest absolute Gasteiger partial charge is 0.214 e. The largest absolute Gasteiger partial charge is 1.00 e. The van der Waals surface area contributed by atoms with E-state index in [2.05, 4.69) is 65.7 Å². The maximum atomic E-state index is 2.49. The Labute approximate surface area is 138 Å². The van der Waals surface area contributed by atoms with Crippen molar-refractivity contribution >= 4 is 16.6 Å². The molecule has 0 unspecified atom stereocenters. The van der Waals surface area contributed by atoms with Crippen LogP contribution in [-0.2, 0) is 7.05 Å². The van der Waals surface area contributed by atoms with Crippen molar-refractivity contribution in [1.82, 2.24) is 4.90 Å². The second-order valence-electron chi connectivity index (χ2n) is 5.57. The van der Waals surface area contributed by atoms with Crippen LogP contribution in [0.5, 0.6) is 0 Å². The fourth-order valence-corrected chi connectivity index (χ4v) is 2.74. The third kappa shape index (κ3) is 2.91. The van der Waals surface area contributed by atoms with E-state index in [1.54, 1.807) is 0 Å². The summed E-state index contributed by atoms with van der Waals surface area (Å²) in [6, 6.07) is 11.2. The van der Waals surface area contributed by atoms with Gasteiger partial charge in [0.25, 0.3) is 0 Å². The van der Waals surface area contributed by atoms with Crippen LogP contribution in [0.4, 0.5) is 5.69 Å². The molecule has 3 nitrogen and oxygen atoms in total. The van der Waals surface area contributed by atoms with E-state index in [0.29, 0.717) is 0 Å². The van der Waals surface area contributed by atoms with Gasteiger partial charge in [0, 0.05) is 56.3 Å². The fourth-order valence-electron chi connectivity index (χ4n) is 2.74. The predicted molar refractivity (Wildman–Crippen MR) is 79.6 cm³/mol. The Hall–Kier alpha value is -0.880. The van der Waals surface area contributed by atoms with Gasteiger partial charge in [0.2, 0.25) is 5.52 Å². The zero-order valence-corrected chi connectivity index (χ0v) is 14.6. The lowest BCUT2D eigenvalue weighted by Crippen LogP contribution is -3.00. The molecule has 4 heteroatoms. The minimum Gasteiger partial charge on any atom is -1.00 e. The van der Waals surface area contributed by atoms with Crippen molar-refractivity contribution in [3.63, 3.8) is 0 Å². The van der Waals surface area contributed by atoms with Crippen LogP contribution in [0.3, 0.4) is 0 Å². The van der Waals surface area contributed by atoms with Gasteiger partial charge in [-0.05, 0) is 25.2 Å². The summed E-state index contributed by atoms with van der Waals surface area (Å²) in [4.78, 5) is 4.88. The van der Waals surface area contributed by atoms with E-state index in [9.17, 15) is 0 Å². The number of hydrogen-bond donors (Lipinski definition) is 0. The Balaban J connectivity index is 0.00000147. The number of anilines is 1. The molecule has 1 aliphatic heterocycles. The summed E-state index contributed by atoms with van der Waals surface area (Å²) in [6.07, 6.45) is 0. The number of benzene rings is 1. The molecule has 1 aromatic carbocycles. The minimum absolute atomic E-state index is 0. The zero-order valence-electron chi connectivity index (χ0n) is 12.4. The molecule has 108 valence electrons. The van der Waals surface area contributed by atoms with Gasteiger partial charge in [-0.3, -0.25) is 0 Å². The molecule has 0 radical (unpaired) electrons. The molecule has 0 amide bonds. The lowest BCUT2D eigenvalue weighted by molar-refractivity contribution is -0.651. The summed E-state index contributed by atoms with van der Waals surface area (Å²) < 4.78 is 2.27. The van der Waals surface area contributed by atoms with Gasteiger partial charge in [0.15, 0.2) is 5.69 Å². The Bertz CT molecular complexity index is 604. The normalized spacial score (nSPS) is 16.2. The number of likely N-dealkylation sites (N-methyl/N-ethyl adjacent to an activating group) is 1. The SMILES string of the molecule is Cc1ccc2ccc(N3CCN(C)CC3)cc2[n+]1C.[I-]. The molecule has 0 N–H and O–H groups in total. The van der Waals surface area contributed by atoms with E-state index in [1.165, 1.54) is 22.3 Å². The van der Waals surface area contributed by atoms with Crippen LogP contribution < -0.4 is 33.4 Å². The highest BCUT2D eigenvalue weighted by atomic mass is 127. The van der Waals surface area contributed by atoms with Gasteiger partial charge in [-0.15, -0.1) is 0 Å². The number of aryl methyl sites for hydroxylation is 2. The van der Waals surface area contributed by atoms with Crippen molar-refractivity contribution < 1.29 is 28.5 Å². The lowest BCUT2D eigenvalue weighted by Gasteiger charge is -2.33. The van der Waals surface area contributed by atoms with Gasteiger partial charge in [-0.1, -0.05) is 0 Å². The van der Waals surface area contributed by atoms with Crippen LogP contribution >= 0.6 is 0 Å². The third-order valence-electron chi connectivity index (χ3n) is 4.28. The van der Waals surface area contributed by atoms with Crippen molar-refractivity contribution in [2.24, 2.45) is 7.05 Å². The molecule has 0 aliphatic carbocycles. The molecular weight excluding hydrogens is 361 g/mol. The first-order valence-electron chi connectivity index (χ1n) is 6.98. The minimum atomic E-state index is 0. The molecule has 1 fully saturated rings. The van der Waals surface area contributed by atoms with Gasteiger partial charge in [0.1, 0.15) is 7.05 Å². The van der Waals surface area contributed by atoms with Gasteiger partial charge in [-0.25, -0.2) is 0 Å². The van der Waals surface area contributed by atoms with Gasteiger partial charge in [-0.2, -0.15) is 4.57 Å². The quantitative estimate of drug-likeness (QED) is 0.449. The highest BCUT2D eigenvalue weighted by molar-refractivity contribution is 5.79. The summed E-state index contributed by atoms with van der Waals surface area (Å²) in [5.41, 5.74) is 3.96. The summed E-state index contributed by atoms with van der Waals surface area (Å²) in [7, 11) is 4.34. The maximum absolute atomic E-state index is 2.49. The molecule has 1 aliphatic rings. The van der Waals surface area contributed by atoms with E-state index < -0.39 is 0 Å². The molecule has 0 atom stereocenters. The van der Waals surface area contributed by atoms with E-state index in [0.717, 1.165) is 26.2 Å². The molecule has 0 bridgehead atoms. The van der Waals surface area contributed by atoms with Crippen molar-refractivity contribution in [2.45, 2.75) is 6.92 Å². The van der Waals surface area contributed by atoms with Crippen molar-refractivity contribution in [3.05, 3.63) is 36.0 Å². The summed E-state index contributed by atoms with van der Waals surface area (Å²) in [5, 5.41) is 1.31. The first-order chi connectivity index (χ1) is 9.15. The highest BCUT2D eigenvalue weighted by Crippen LogP contribution is 2.21. The lowest BCUT2D eigenvalue weighted by atomic mass is 10.1. The standard InChI is InChI=1S/C16H22N3.HI/c1-13-4-5-14-6-7-15(12-16(14)18(13)3)19-10-8-17(2)9-11-19;/h4-7,12H,8-11H2,1-3H3;1H/q+1;/p-1. The number of hydrogen-bond acceptors (Lipinski definition) is 2. The second-order valence-corrected chi connectivity index (χ2v) is 5.57. The topological polar surface area (TPSA) is 10.4 Å². The van der Waals surface area contributed by atoms with E-state index in [1.807, 2.05) is 0 Å². The van der Waals surface area contributed by atoms with Gasteiger partial charge in [0.05, 0.1) is 0 Å². The Kier molecular flexibility index (Phi) is 4.86. The number of nitrogens with zero attached hydrogens (tertiary/aromatic N) is 3. The Morgan fingerprint density at radius 3 is 2.35 bits per heavy atom. The van der Waals surface area contributed by atoms with Crippen LogP contribution in [0, 0.1) is 6.92 Å². The molecule has 2 aromatic rings. The van der Waals surface area contributed by atoms with Crippen LogP contribution in [-0.4, -0.2) is 38.1 Å². The van der Waals surface area contributed by atoms with Crippen molar-refractivity contribution in [2.75, 3.05) is 38.1 Å². The number of fused-ring (bicyclic) bond motifs is 1. The van der Waals surface area contributed by atoms with Gasteiger partial charge < -0.3 is 33.8 Å². The number of pyridine rings is 1. The number of rotatable bonds is 1. The van der Waals surface area contributed by atoms with Gasteiger partial charge >= 0.3 is 0 Å². The number of aromatic nitrogens is 1. The monoisotopic (exact) mass is 383 g/mol. The summed E-state index contributed by atoms with van der Waals surface area (Å²) >= 11 is 0. The highest BCUT2D eigenvalue weighted by Gasteiger charge is 2.16. The average molecular weight is 383 g/mol. The van der Waals surface area contributed by atoms with Crippen LogP contribution in [0.25, 0.3) is 10.9 Å². The molecular formula is C16H22IN3. The molecule has 1 saturated heterocycles. The fraction of sp³-hybridized carbons (Fsp3) is 0.438. The number of halogens is 1. The molecule has 3 rings (SSSR count). The van der Waals surface area contributed by atoms with E-state index in [-0.39, 0.29) is 24.0 Å². The zero-order chi connectivity index (χ0) is 13.4. The Morgan fingerprint density at radius 2 is 1.65 bits per heavy atom. The molecule has 20 heavy (non-hydrogen) atoms. The van der Waals surface area contributed by atoms with E-state index in [4.69, 9.17) is 0 Å². The van der Waals surface area contributed by atoms with Crippen molar-refractivity contribution in [1.29, 1.82) is 0 Å². The predicted octanol–water partition coefficient (Wildman–Crippen LogP) is -1.27. The summed E-state index contributed by atoms with van der Waals surface area (Å²) in [5.74, 6) is 0. The molecule has 0 spiro atoms. The van der Waals surface area contributed by atoms with Crippen molar-refractivity contribution in [3.8, 4) is 0 Å².